The molecule has 4 heteroatoms. The van der Waals surface area contributed by atoms with Crippen LogP contribution in [-0.4, -0.2) is 24.7 Å². The van der Waals surface area contributed by atoms with Crippen LogP contribution in [0.3, 0.4) is 0 Å². The number of benzene rings is 1. The molecule has 1 rings (SSSR count). The lowest BCUT2D eigenvalue weighted by Crippen LogP contribution is -2.20. The third-order valence-corrected chi connectivity index (χ3v) is 3.21. The lowest BCUT2D eigenvalue weighted by molar-refractivity contribution is -0.131. The molecule has 3 nitrogen and oxygen atoms in total. The highest BCUT2D eigenvalue weighted by atomic mass is 35.5. The van der Waals surface area contributed by atoms with Crippen molar-refractivity contribution in [3.8, 4) is 0 Å². The molecule has 0 aliphatic rings. The van der Waals surface area contributed by atoms with Gasteiger partial charge in [-0.05, 0) is 30.5 Å². The molecule has 0 radical (unpaired) electrons. The molecule has 0 heterocycles. The second-order valence-electron chi connectivity index (χ2n) is 4.95. The zero-order valence-electron chi connectivity index (χ0n) is 11.6. The number of carboxylic acid groups (broad SMARTS) is 1. The highest BCUT2D eigenvalue weighted by Gasteiger charge is 2.09. The predicted molar refractivity (Wildman–Crippen MR) is 80.8 cm³/mol. The second kappa shape index (κ2) is 7.19. The summed E-state index contributed by atoms with van der Waals surface area (Å²) in [4.78, 5) is 12.7. The van der Waals surface area contributed by atoms with Gasteiger partial charge in [-0.25, -0.2) is 4.79 Å². The van der Waals surface area contributed by atoms with E-state index in [9.17, 15) is 4.79 Å². The first-order chi connectivity index (χ1) is 8.91. The van der Waals surface area contributed by atoms with Crippen LogP contribution >= 0.6 is 11.6 Å². The molecule has 1 aromatic rings. The van der Waals surface area contributed by atoms with E-state index in [0.717, 1.165) is 30.3 Å². The molecule has 0 spiro atoms. The summed E-state index contributed by atoms with van der Waals surface area (Å²) in [6, 6.07) is 5.60. The molecule has 0 aliphatic heterocycles. The van der Waals surface area contributed by atoms with E-state index in [0.29, 0.717) is 10.9 Å². The van der Waals surface area contributed by atoms with Gasteiger partial charge in [-0.15, -0.1) is 0 Å². The molecular formula is C15H20ClNO2. The van der Waals surface area contributed by atoms with Crippen LogP contribution in [0.25, 0.3) is 6.08 Å². The fourth-order valence-corrected chi connectivity index (χ4v) is 1.98. The first kappa shape index (κ1) is 15.6. The standard InChI is InChI=1S/C15H20ClNO2/c1-11(2)9-10-17(3)14-6-4-5-13(16)12(14)7-8-15(18)19/h4-8,11H,9-10H2,1-3H3,(H,18,19). The number of carboxylic acids is 1. The Morgan fingerprint density at radius 3 is 2.74 bits per heavy atom. The topological polar surface area (TPSA) is 40.5 Å². The maximum Gasteiger partial charge on any atom is 0.328 e. The van der Waals surface area contributed by atoms with Crippen LogP contribution < -0.4 is 4.90 Å². The van der Waals surface area contributed by atoms with Crippen molar-refractivity contribution >= 4 is 29.3 Å². The van der Waals surface area contributed by atoms with E-state index in [1.807, 2.05) is 19.2 Å². The van der Waals surface area contributed by atoms with E-state index in [4.69, 9.17) is 16.7 Å². The van der Waals surface area contributed by atoms with Crippen molar-refractivity contribution in [3.63, 3.8) is 0 Å². The molecule has 0 atom stereocenters. The molecule has 0 aromatic heterocycles. The number of carbonyl (C=O) groups is 1. The summed E-state index contributed by atoms with van der Waals surface area (Å²) in [5, 5.41) is 9.29. The SMILES string of the molecule is CC(C)CCN(C)c1cccc(Cl)c1C=CC(=O)O. The molecule has 1 aromatic carbocycles. The van der Waals surface area contributed by atoms with Gasteiger partial charge in [-0.3, -0.25) is 0 Å². The maximum absolute atomic E-state index is 10.6. The van der Waals surface area contributed by atoms with Crippen molar-refractivity contribution in [2.75, 3.05) is 18.5 Å². The van der Waals surface area contributed by atoms with Gasteiger partial charge in [0.15, 0.2) is 0 Å². The summed E-state index contributed by atoms with van der Waals surface area (Å²) in [6.07, 6.45) is 3.73. The van der Waals surface area contributed by atoms with Crippen molar-refractivity contribution in [2.24, 2.45) is 5.92 Å². The molecule has 0 saturated heterocycles. The average Bonchev–Trinajstić information content (AvgIpc) is 2.33. The van der Waals surface area contributed by atoms with E-state index < -0.39 is 5.97 Å². The van der Waals surface area contributed by atoms with Crippen molar-refractivity contribution in [3.05, 3.63) is 34.9 Å². The molecule has 0 saturated carbocycles. The minimum atomic E-state index is -0.976. The first-order valence-corrected chi connectivity index (χ1v) is 6.70. The summed E-state index contributed by atoms with van der Waals surface area (Å²) < 4.78 is 0. The van der Waals surface area contributed by atoms with Gasteiger partial charge in [0.2, 0.25) is 0 Å². The van der Waals surface area contributed by atoms with E-state index in [1.165, 1.54) is 0 Å². The largest absolute Gasteiger partial charge is 0.478 e. The molecule has 104 valence electrons. The lowest BCUT2D eigenvalue weighted by Gasteiger charge is -2.23. The Morgan fingerprint density at radius 1 is 1.47 bits per heavy atom. The monoisotopic (exact) mass is 281 g/mol. The average molecular weight is 282 g/mol. The molecule has 1 N–H and O–H groups in total. The number of halogens is 1. The second-order valence-corrected chi connectivity index (χ2v) is 5.36. The van der Waals surface area contributed by atoms with Crippen LogP contribution in [0.4, 0.5) is 5.69 Å². The smallest absolute Gasteiger partial charge is 0.328 e. The number of hydrogen-bond donors (Lipinski definition) is 1. The Balaban J connectivity index is 2.99. The van der Waals surface area contributed by atoms with Crippen molar-refractivity contribution < 1.29 is 9.90 Å². The minimum Gasteiger partial charge on any atom is -0.478 e. The minimum absolute atomic E-state index is 0.561. The quantitative estimate of drug-likeness (QED) is 0.804. The number of aliphatic carboxylic acids is 1. The third kappa shape index (κ3) is 4.95. The molecule has 0 unspecified atom stereocenters. The fraction of sp³-hybridized carbons (Fsp3) is 0.400. The van der Waals surface area contributed by atoms with Crippen molar-refractivity contribution in [1.82, 2.24) is 0 Å². The Bertz CT molecular complexity index is 469. The van der Waals surface area contributed by atoms with E-state index in [-0.39, 0.29) is 0 Å². The molecule has 0 bridgehead atoms. The number of rotatable bonds is 6. The maximum atomic E-state index is 10.6. The predicted octanol–water partition coefficient (Wildman–Crippen LogP) is 3.92. The fourth-order valence-electron chi connectivity index (χ4n) is 1.75. The van der Waals surface area contributed by atoms with Crippen molar-refractivity contribution in [2.45, 2.75) is 20.3 Å². The van der Waals surface area contributed by atoms with Gasteiger partial charge in [0.1, 0.15) is 0 Å². The zero-order chi connectivity index (χ0) is 14.4. The van der Waals surface area contributed by atoms with Gasteiger partial charge in [0.25, 0.3) is 0 Å². The normalized spacial score (nSPS) is 11.2. The van der Waals surface area contributed by atoms with Crippen LogP contribution in [0, 0.1) is 5.92 Å². The molecule has 0 amide bonds. The summed E-state index contributed by atoms with van der Waals surface area (Å²) in [5.74, 6) is -0.352. The van der Waals surface area contributed by atoms with Gasteiger partial charge in [0, 0.05) is 35.9 Å². The van der Waals surface area contributed by atoms with Crippen LogP contribution in [-0.2, 0) is 4.79 Å². The molecule has 0 aliphatic carbocycles. The Hall–Kier alpha value is -1.48. The summed E-state index contributed by atoms with van der Waals surface area (Å²) in [5.41, 5.74) is 1.70. The first-order valence-electron chi connectivity index (χ1n) is 6.32. The van der Waals surface area contributed by atoms with Gasteiger partial charge in [-0.1, -0.05) is 31.5 Å². The highest BCUT2D eigenvalue weighted by Crippen LogP contribution is 2.28. The van der Waals surface area contributed by atoms with E-state index >= 15 is 0 Å². The zero-order valence-corrected chi connectivity index (χ0v) is 12.3. The van der Waals surface area contributed by atoms with Gasteiger partial charge >= 0.3 is 5.97 Å². The highest BCUT2D eigenvalue weighted by molar-refractivity contribution is 6.32. The van der Waals surface area contributed by atoms with E-state index in [1.54, 1.807) is 12.1 Å². The summed E-state index contributed by atoms with van der Waals surface area (Å²) in [7, 11) is 1.99. The Morgan fingerprint density at radius 2 is 2.16 bits per heavy atom. The third-order valence-electron chi connectivity index (χ3n) is 2.88. The number of anilines is 1. The molecule has 0 fully saturated rings. The van der Waals surface area contributed by atoms with Crippen LogP contribution in [0.1, 0.15) is 25.8 Å². The van der Waals surface area contributed by atoms with Crippen LogP contribution in [0.2, 0.25) is 5.02 Å². The van der Waals surface area contributed by atoms with Crippen molar-refractivity contribution in [1.29, 1.82) is 0 Å². The summed E-state index contributed by atoms with van der Waals surface area (Å²) in [6.45, 7) is 5.26. The number of nitrogens with zero attached hydrogens (tertiary/aromatic N) is 1. The van der Waals surface area contributed by atoms with Gasteiger partial charge < -0.3 is 10.0 Å². The van der Waals surface area contributed by atoms with Crippen LogP contribution in [0.5, 0.6) is 0 Å². The molecule has 19 heavy (non-hydrogen) atoms. The summed E-state index contributed by atoms with van der Waals surface area (Å²) >= 11 is 6.15. The van der Waals surface area contributed by atoms with Crippen LogP contribution in [0.15, 0.2) is 24.3 Å². The van der Waals surface area contributed by atoms with Gasteiger partial charge in [0.05, 0.1) is 0 Å². The Labute approximate surface area is 119 Å². The molecular weight excluding hydrogens is 262 g/mol. The van der Waals surface area contributed by atoms with Gasteiger partial charge in [-0.2, -0.15) is 0 Å². The lowest BCUT2D eigenvalue weighted by atomic mass is 10.1. The Kier molecular flexibility index (Phi) is 5.90. The van der Waals surface area contributed by atoms with E-state index in [2.05, 4.69) is 18.7 Å². The number of hydrogen-bond acceptors (Lipinski definition) is 2.